The summed E-state index contributed by atoms with van der Waals surface area (Å²) in [4.78, 5) is 11.2. The van der Waals surface area contributed by atoms with Crippen LogP contribution in [0.3, 0.4) is 0 Å². The highest BCUT2D eigenvalue weighted by Crippen LogP contribution is 2.20. The van der Waals surface area contributed by atoms with Crippen LogP contribution in [0.2, 0.25) is 0 Å². The molecule has 0 aliphatic carbocycles. The fourth-order valence-electron chi connectivity index (χ4n) is 2.15. The summed E-state index contributed by atoms with van der Waals surface area (Å²) >= 11 is 0. The van der Waals surface area contributed by atoms with Gasteiger partial charge in [0.1, 0.15) is 0 Å². The predicted molar refractivity (Wildman–Crippen MR) is 75.3 cm³/mol. The summed E-state index contributed by atoms with van der Waals surface area (Å²) < 4.78 is 5.41. The van der Waals surface area contributed by atoms with Gasteiger partial charge in [0.25, 0.3) is 0 Å². The number of carbonyl (C=O) groups is 1. The van der Waals surface area contributed by atoms with Crippen LogP contribution >= 0.6 is 0 Å². The van der Waals surface area contributed by atoms with Gasteiger partial charge >= 0.3 is 5.97 Å². The lowest BCUT2D eigenvalue weighted by Crippen LogP contribution is -2.26. The lowest BCUT2D eigenvalue weighted by atomic mass is 10.00. The van der Waals surface area contributed by atoms with Crippen molar-refractivity contribution in [2.24, 2.45) is 0 Å². The average molecular weight is 258 g/mol. The Morgan fingerprint density at radius 2 is 1.95 bits per heavy atom. The van der Waals surface area contributed by atoms with Crippen LogP contribution in [-0.2, 0) is 16.0 Å². The minimum atomic E-state index is -0.901. The number of benzene rings is 2. The first-order valence-electron chi connectivity index (χ1n) is 6.53. The van der Waals surface area contributed by atoms with Crippen molar-refractivity contribution < 1.29 is 14.6 Å². The third-order valence-electron chi connectivity index (χ3n) is 3.08. The second-order valence-electron chi connectivity index (χ2n) is 4.54. The second kappa shape index (κ2) is 6.34. The van der Waals surface area contributed by atoms with Crippen molar-refractivity contribution in [3.05, 3.63) is 48.0 Å². The molecule has 2 aromatic carbocycles. The van der Waals surface area contributed by atoms with Gasteiger partial charge < -0.3 is 9.84 Å². The van der Waals surface area contributed by atoms with Crippen molar-refractivity contribution in [2.45, 2.75) is 25.9 Å². The normalized spacial score (nSPS) is 12.5. The molecule has 0 amide bonds. The van der Waals surface area contributed by atoms with Crippen molar-refractivity contribution >= 4 is 16.7 Å². The van der Waals surface area contributed by atoms with Gasteiger partial charge in [-0.25, -0.2) is 4.79 Å². The van der Waals surface area contributed by atoms with E-state index in [0.717, 1.165) is 22.8 Å². The third-order valence-corrected chi connectivity index (χ3v) is 3.08. The van der Waals surface area contributed by atoms with E-state index in [-0.39, 0.29) is 0 Å². The van der Waals surface area contributed by atoms with Crippen molar-refractivity contribution in [2.75, 3.05) is 6.61 Å². The molecular formula is C16H18O3. The molecule has 1 unspecified atom stereocenters. The summed E-state index contributed by atoms with van der Waals surface area (Å²) in [6.07, 6.45) is 0.446. The molecule has 0 saturated carbocycles. The zero-order valence-electron chi connectivity index (χ0n) is 11.0. The van der Waals surface area contributed by atoms with Crippen LogP contribution in [0.25, 0.3) is 10.8 Å². The highest BCUT2D eigenvalue weighted by atomic mass is 16.5. The number of rotatable bonds is 6. The molecule has 0 aliphatic heterocycles. The number of carboxylic acid groups (broad SMARTS) is 1. The Hall–Kier alpha value is -1.87. The highest BCUT2D eigenvalue weighted by Gasteiger charge is 2.19. The summed E-state index contributed by atoms with van der Waals surface area (Å²) in [6, 6.07) is 13.9. The van der Waals surface area contributed by atoms with E-state index in [4.69, 9.17) is 4.74 Å². The zero-order chi connectivity index (χ0) is 13.7. The van der Waals surface area contributed by atoms with Crippen LogP contribution in [0, 0.1) is 0 Å². The lowest BCUT2D eigenvalue weighted by Gasteiger charge is -2.14. The first kappa shape index (κ1) is 13.6. The topological polar surface area (TPSA) is 46.5 Å². The number of hydrogen-bond acceptors (Lipinski definition) is 2. The smallest absolute Gasteiger partial charge is 0.333 e. The van der Waals surface area contributed by atoms with Crippen molar-refractivity contribution in [1.29, 1.82) is 0 Å². The maximum atomic E-state index is 11.2. The van der Waals surface area contributed by atoms with Gasteiger partial charge in [-0.05, 0) is 22.8 Å². The summed E-state index contributed by atoms with van der Waals surface area (Å²) in [5.74, 6) is -0.901. The van der Waals surface area contributed by atoms with Crippen LogP contribution in [-0.4, -0.2) is 23.8 Å². The van der Waals surface area contributed by atoms with Crippen LogP contribution < -0.4 is 0 Å². The predicted octanol–water partition coefficient (Wildman–Crippen LogP) is 3.26. The summed E-state index contributed by atoms with van der Waals surface area (Å²) in [6.45, 7) is 2.44. The van der Waals surface area contributed by atoms with Crippen molar-refractivity contribution in [3.63, 3.8) is 0 Å². The van der Waals surface area contributed by atoms with Crippen LogP contribution in [0.15, 0.2) is 42.5 Å². The fraction of sp³-hybridized carbons (Fsp3) is 0.312. The summed E-state index contributed by atoms with van der Waals surface area (Å²) in [5.41, 5.74) is 1.02. The number of hydrogen-bond donors (Lipinski definition) is 1. The van der Waals surface area contributed by atoms with E-state index in [9.17, 15) is 9.90 Å². The molecule has 2 aromatic rings. The molecule has 0 aromatic heterocycles. The Kier molecular flexibility index (Phi) is 4.53. The van der Waals surface area contributed by atoms with E-state index in [1.54, 1.807) is 0 Å². The lowest BCUT2D eigenvalue weighted by molar-refractivity contribution is -0.150. The molecule has 1 N–H and O–H groups in total. The van der Waals surface area contributed by atoms with Gasteiger partial charge in [0.15, 0.2) is 6.10 Å². The van der Waals surface area contributed by atoms with Gasteiger partial charge in [0.2, 0.25) is 0 Å². The maximum absolute atomic E-state index is 11.2. The minimum absolute atomic E-state index is 0.399. The first-order chi connectivity index (χ1) is 9.22. The fourth-order valence-corrected chi connectivity index (χ4v) is 2.15. The van der Waals surface area contributed by atoms with Crippen LogP contribution in [0.1, 0.15) is 18.9 Å². The standard InChI is InChI=1S/C16H18O3/c1-2-10-19-15(16(17)18)11-13-8-5-7-12-6-3-4-9-14(12)13/h3-9,15H,2,10-11H2,1H3,(H,17,18). The van der Waals surface area contributed by atoms with Gasteiger partial charge in [-0.15, -0.1) is 0 Å². The Morgan fingerprint density at radius 1 is 1.21 bits per heavy atom. The van der Waals surface area contributed by atoms with Crippen LogP contribution in [0.5, 0.6) is 0 Å². The molecule has 0 bridgehead atoms. The van der Waals surface area contributed by atoms with Crippen molar-refractivity contribution in [3.8, 4) is 0 Å². The molecule has 0 saturated heterocycles. The Labute approximate surface area is 112 Å². The molecule has 0 aliphatic rings. The number of ether oxygens (including phenoxy) is 1. The van der Waals surface area contributed by atoms with Gasteiger partial charge in [0, 0.05) is 13.0 Å². The van der Waals surface area contributed by atoms with E-state index in [0.29, 0.717) is 13.0 Å². The van der Waals surface area contributed by atoms with Crippen molar-refractivity contribution in [1.82, 2.24) is 0 Å². The Balaban J connectivity index is 2.26. The molecule has 1 atom stereocenters. The molecule has 100 valence electrons. The Bertz CT molecular complexity index is 557. The Morgan fingerprint density at radius 3 is 2.68 bits per heavy atom. The maximum Gasteiger partial charge on any atom is 0.333 e. The number of aliphatic carboxylic acids is 1. The van der Waals surface area contributed by atoms with E-state index >= 15 is 0 Å². The largest absolute Gasteiger partial charge is 0.479 e. The minimum Gasteiger partial charge on any atom is -0.479 e. The molecule has 2 rings (SSSR count). The molecule has 0 fully saturated rings. The van der Waals surface area contributed by atoms with Crippen LogP contribution in [0.4, 0.5) is 0 Å². The SMILES string of the molecule is CCCOC(Cc1cccc2ccccc12)C(=O)O. The quantitative estimate of drug-likeness (QED) is 0.865. The van der Waals surface area contributed by atoms with E-state index in [2.05, 4.69) is 0 Å². The molecule has 0 radical (unpaired) electrons. The van der Waals surface area contributed by atoms with E-state index in [1.165, 1.54) is 0 Å². The van der Waals surface area contributed by atoms with E-state index < -0.39 is 12.1 Å². The van der Waals surface area contributed by atoms with Gasteiger partial charge in [-0.1, -0.05) is 49.4 Å². The molecule has 0 spiro atoms. The molecule has 0 heterocycles. The average Bonchev–Trinajstić information content (AvgIpc) is 2.43. The first-order valence-corrected chi connectivity index (χ1v) is 6.53. The monoisotopic (exact) mass is 258 g/mol. The second-order valence-corrected chi connectivity index (χ2v) is 4.54. The summed E-state index contributed by atoms with van der Waals surface area (Å²) in [5, 5.41) is 11.4. The van der Waals surface area contributed by atoms with E-state index in [1.807, 2.05) is 49.4 Å². The molecular weight excluding hydrogens is 240 g/mol. The molecule has 3 nitrogen and oxygen atoms in total. The zero-order valence-corrected chi connectivity index (χ0v) is 11.0. The number of carboxylic acids is 1. The van der Waals surface area contributed by atoms with Gasteiger partial charge in [-0.2, -0.15) is 0 Å². The number of fused-ring (bicyclic) bond motifs is 1. The third kappa shape index (κ3) is 3.32. The highest BCUT2D eigenvalue weighted by molar-refractivity contribution is 5.86. The van der Waals surface area contributed by atoms with Gasteiger partial charge in [0.05, 0.1) is 0 Å². The molecule has 19 heavy (non-hydrogen) atoms. The summed E-state index contributed by atoms with van der Waals surface area (Å²) in [7, 11) is 0. The van der Waals surface area contributed by atoms with Gasteiger partial charge in [-0.3, -0.25) is 0 Å². The molecule has 3 heteroatoms.